The summed E-state index contributed by atoms with van der Waals surface area (Å²) in [5.74, 6) is -34.9. The molecule has 0 spiro atoms. The third kappa shape index (κ3) is 6.65. The molecule has 0 saturated carbocycles. The predicted octanol–water partition coefficient (Wildman–Crippen LogP) is 6.18. The van der Waals surface area contributed by atoms with Crippen LogP contribution in [0.4, 0.5) is 61.9 Å². The fourth-order valence-corrected chi connectivity index (χ4v) is 4.02. The van der Waals surface area contributed by atoms with E-state index in [1.54, 1.807) is 0 Å². The molecule has 34 heavy (non-hydrogen) atoms. The molecule has 204 valence electrons. The Balaban J connectivity index is 5.84. The van der Waals surface area contributed by atoms with E-state index in [2.05, 4.69) is 13.3 Å². The van der Waals surface area contributed by atoms with Gasteiger partial charge in [0.2, 0.25) is 0 Å². The topological polar surface area (TPSA) is 65.0 Å². The molecule has 19 heteroatoms. The summed E-state index contributed by atoms with van der Waals surface area (Å²) in [6, 6.07) is 0. The van der Waals surface area contributed by atoms with Crippen LogP contribution in [0.25, 0.3) is 0 Å². The lowest BCUT2D eigenvalue weighted by Crippen LogP contribution is -2.67. The van der Waals surface area contributed by atoms with Crippen LogP contribution in [0.2, 0.25) is 0 Å². The van der Waals surface area contributed by atoms with Crippen LogP contribution in [0.5, 0.6) is 0 Å². The molecule has 0 radical (unpaired) electrons. The normalized spacial score (nSPS) is 15.0. The maximum atomic E-state index is 13.9. The van der Waals surface area contributed by atoms with Gasteiger partial charge in [-0.25, -0.2) is 4.79 Å². The molecule has 0 fully saturated rings. The Bertz CT molecular complexity index is 678. The van der Waals surface area contributed by atoms with Gasteiger partial charge in [0.25, 0.3) is 0 Å². The number of alkyl halides is 13. The number of hydrogen-bond acceptors (Lipinski definition) is 4. The van der Waals surface area contributed by atoms with Crippen LogP contribution in [0, 0.1) is 0 Å². The van der Waals surface area contributed by atoms with Gasteiger partial charge in [0.1, 0.15) is 0 Å². The molecular formula is C15H19F13O5Si. The van der Waals surface area contributed by atoms with Crippen molar-refractivity contribution in [2.75, 3.05) is 19.8 Å². The van der Waals surface area contributed by atoms with Crippen LogP contribution in [-0.4, -0.2) is 75.1 Å². The number of carbonyl (C=O) groups is 1. The molecule has 0 atom stereocenters. The number of rotatable bonds is 15. The molecule has 0 rings (SSSR count). The monoisotopic (exact) mass is 554 g/mol. The lowest BCUT2D eigenvalue weighted by Gasteiger charge is -2.39. The molecule has 0 aliphatic rings. The van der Waals surface area contributed by atoms with Crippen LogP contribution in [0.3, 0.4) is 0 Å². The first-order chi connectivity index (χ1) is 15.0. The second-order valence-corrected chi connectivity index (χ2v) is 8.98. The third-order valence-corrected chi connectivity index (χ3v) is 6.51. The number of hydrogen-bond donors (Lipinski definition) is 1. The molecule has 0 aromatic carbocycles. The largest absolute Gasteiger partial charge is 0.621 e. The Hall–Kier alpha value is -1.34. The highest BCUT2D eigenvalue weighted by Gasteiger charge is 2.85. The van der Waals surface area contributed by atoms with Crippen LogP contribution in [0.1, 0.15) is 33.1 Å². The summed E-state index contributed by atoms with van der Waals surface area (Å²) in [6.45, 7) is -0.438. The van der Waals surface area contributed by atoms with Crippen molar-refractivity contribution < 1.29 is 80.3 Å². The van der Waals surface area contributed by atoms with Crippen molar-refractivity contribution in [3.05, 3.63) is 0 Å². The zero-order chi connectivity index (χ0) is 27.4. The van der Waals surface area contributed by atoms with Gasteiger partial charge in [0, 0.05) is 39.1 Å². The van der Waals surface area contributed by atoms with Gasteiger partial charge in [-0.3, -0.25) is 0 Å². The summed E-state index contributed by atoms with van der Waals surface area (Å²) in [7, 11) is -4.90. The second kappa shape index (κ2) is 10.7. The highest BCUT2D eigenvalue weighted by atomic mass is 28.4. The van der Waals surface area contributed by atoms with Crippen molar-refractivity contribution in [2.45, 2.75) is 68.9 Å². The summed E-state index contributed by atoms with van der Waals surface area (Å²) in [4.78, 5) is 11.3. The van der Waals surface area contributed by atoms with E-state index in [1.165, 1.54) is 13.8 Å². The van der Waals surface area contributed by atoms with E-state index in [1.807, 2.05) is 0 Å². The highest BCUT2D eigenvalue weighted by molar-refractivity contribution is 6.90. The van der Waals surface area contributed by atoms with E-state index in [0.29, 0.717) is 0 Å². The van der Waals surface area contributed by atoms with Gasteiger partial charge in [-0.1, -0.05) is 0 Å². The SMILES string of the molecule is CCO[Si](OCC)(OCCC(F)(F)C(F)(F)C(F)(F)C(F)(F)C(F)(F)CCC(F)(F)F)C(=O)O. The smallest absolute Gasteiger partial charge is 0.479 e. The molecule has 1 N–H and O–H groups in total. The molecule has 5 nitrogen and oxygen atoms in total. The van der Waals surface area contributed by atoms with Crippen LogP contribution >= 0.6 is 0 Å². The van der Waals surface area contributed by atoms with Crippen molar-refractivity contribution in [1.29, 1.82) is 0 Å². The van der Waals surface area contributed by atoms with Gasteiger partial charge in [-0.05, 0) is 13.8 Å². The Kier molecular flexibility index (Phi) is 10.3. The molecule has 0 aromatic heterocycles. The van der Waals surface area contributed by atoms with E-state index < -0.39 is 89.3 Å². The van der Waals surface area contributed by atoms with Crippen molar-refractivity contribution in [2.24, 2.45) is 0 Å². The number of carboxylic acid groups (broad SMARTS) is 1. The number of halogens is 13. The lowest BCUT2D eigenvalue weighted by molar-refractivity contribution is -0.403. The average Bonchev–Trinajstić information content (AvgIpc) is 2.65. The summed E-state index contributed by atoms with van der Waals surface area (Å²) in [5, 5.41) is 9.08. The molecule has 0 bridgehead atoms. The third-order valence-electron chi connectivity index (χ3n) is 4.07. The van der Waals surface area contributed by atoms with Gasteiger partial charge in [0.05, 0.1) is 0 Å². The fraction of sp³-hybridized carbons (Fsp3) is 0.933. The molecule has 0 aliphatic heterocycles. The summed E-state index contributed by atoms with van der Waals surface area (Å²) < 4.78 is 186. The Morgan fingerprint density at radius 3 is 1.35 bits per heavy atom. The molecule has 0 amide bonds. The van der Waals surface area contributed by atoms with Crippen molar-refractivity contribution in [3.8, 4) is 0 Å². The first kappa shape index (κ1) is 32.7. The van der Waals surface area contributed by atoms with E-state index in [4.69, 9.17) is 5.11 Å². The van der Waals surface area contributed by atoms with E-state index in [9.17, 15) is 61.9 Å². The minimum Gasteiger partial charge on any atom is -0.479 e. The van der Waals surface area contributed by atoms with Gasteiger partial charge in [-0.15, -0.1) is 0 Å². The van der Waals surface area contributed by atoms with Gasteiger partial charge >= 0.3 is 50.2 Å². The minimum absolute atomic E-state index is 0.470. The standard InChI is InChI=1S/C15H19F13O5Si/c1-3-31-34(9(29)30,32-4-2)33-8-7-11(18,19)14(25,26)15(27,28)13(23,24)10(16,17)5-6-12(20,21)22/h3-8H2,1-2H3,(H,29,30). The Morgan fingerprint density at radius 2 is 1.03 bits per heavy atom. The fourth-order valence-electron chi connectivity index (χ4n) is 2.27. The van der Waals surface area contributed by atoms with Gasteiger partial charge in [0.15, 0.2) is 0 Å². The minimum atomic E-state index is -7.56. The molecule has 0 aliphatic carbocycles. The highest BCUT2D eigenvalue weighted by Crippen LogP contribution is 2.58. The van der Waals surface area contributed by atoms with E-state index >= 15 is 0 Å². The van der Waals surface area contributed by atoms with E-state index in [-0.39, 0.29) is 0 Å². The molecular weight excluding hydrogens is 535 g/mol. The average molecular weight is 554 g/mol. The first-order valence-electron chi connectivity index (χ1n) is 9.09. The zero-order valence-electron chi connectivity index (χ0n) is 17.2. The van der Waals surface area contributed by atoms with Gasteiger partial charge < -0.3 is 18.4 Å². The first-order valence-corrected chi connectivity index (χ1v) is 10.8. The quantitative estimate of drug-likeness (QED) is 0.194. The van der Waals surface area contributed by atoms with Gasteiger partial charge in [-0.2, -0.15) is 57.1 Å². The Labute approximate surface area is 184 Å². The summed E-state index contributed by atoms with van der Waals surface area (Å²) in [5.41, 5.74) is -2.01. The Morgan fingerprint density at radius 1 is 0.647 bits per heavy atom. The lowest BCUT2D eigenvalue weighted by atomic mass is 9.91. The maximum absolute atomic E-state index is 13.9. The predicted molar refractivity (Wildman–Crippen MR) is 87.6 cm³/mol. The van der Waals surface area contributed by atoms with Crippen molar-refractivity contribution >= 4 is 14.4 Å². The maximum Gasteiger partial charge on any atom is 0.621 e. The van der Waals surface area contributed by atoms with E-state index in [0.717, 1.165) is 0 Å². The zero-order valence-corrected chi connectivity index (χ0v) is 18.2. The summed E-state index contributed by atoms with van der Waals surface area (Å²) >= 11 is 0. The summed E-state index contributed by atoms with van der Waals surface area (Å²) in [6.07, 6.45) is -14.1. The van der Waals surface area contributed by atoms with Crippen LogP contribution < -0.4 is 0 Å². The van der Waals surface area contributed by atoms with Crippen molar-refractivity contribution in [1.82, 2.24) is 0 Å². The van der Waals surface area contributed by atoms with Crippen LogP contribution in [-0.2, 0) is 13.3 Å². The van der Waals surface area contributed by atoms with Crippen LogP contribution in [0.15, 0.2) is 0 Å². The molecule has 0 unspecified atom stereocenters. The molecule has 0 heterocycles. The van der Waals surface area contributed by atoms with Crippen molar-refractivity contribution in [3.63, 3.8) is 0 Å². The molecule has 0 saturated heterocycles. The second-order valence-electron chi connectivity index (χ2n) is 6.57. The molecule has 0 aromatic rings.